The lowest BCUT2D eigenvalue weighted by Crippen LogP contribution is -1.98. The molecule has 0 spiro atoms. The summed E-state index contributed by atoms with van der Waals surface area (Å²) in [5.74, 6) is 0.396. The molecule has 1 aromatic heterocycles. The monoisotopic (exact) mass is 291 g/mol. The molecule has 0 amide bonds. The Morgan fingerprint density at radius 2 is 2.30 bits per heavy atom. The zero-order chi connectivity index (χ0) is 14.7. The van der Waals surface area contributed by atoms with Crippen LogP contribution in [0.4, 0.5) is 5.69 Å². The number of aliphatic hydroxyl groups is 1. The standard InChI is InChI=1S/C11H9N5O3S/c1-15-10(6-17)13-14-11(15)20-9-3-2-8(16(18)19)4-7(9)5-12/h2-4,17H,6H2,1H3. The third-order valence-electron chi connectivity index (χ3n) is 2.56. The minimum absolute atomic E-state index is 0.139. The van der Waals surface area contributed by atoms with Gasteiger partial charge in [-0.2, -0.15) is 5.26 Å². The van der Waals surface area contributed by atoms with Gasteiger partial charge >= 0.3 is 0 Å². The summed E-state index contributed by atoms with van der Waals surface area (Å²) in [5, 5.41) is 36.9. The van der Waals surface area contributed by atoms with Crippen LogP contribution in [0, 0.1) is 21.4 Å². The smallest absolute Gasteiger partial charge is 0.270 e. The average molecular weight is 291 g/mol. The first-order valence-corrected chi connectivity index (χ1v) is 6.24. The molecule has 0 aliphatic heterocycles. The van der Waals surface area contributed by atoms with Crippen LogP contribution in [-0.2, 0) is 13.7 Å². The minimum atomic E-state index is -0.554. The number of benzene rings is 1. The maximum atomic E-state index is 10.7. The van der Waals surface area contributed by atoms with Crippen molar-refractivity contribution in [1.82, 2.24) is 14.8 Å². The van der Waals surface area contributed by atoms with Crippen LogP contribution in [0.1, 0.15) is 11.4 Å². The lowest BCUT2D eigenvalue weighted by Gasteiger charge is -2.04. The second-order valence-corrected chi connectivity index (χ2v) is 4.78. The van der Waals surface area contributed by atoms with Crippen LogP contribution in [-0.4, -0.2) is 24.8 Å². The first-order valence-electron chi connectivity index (χ1n) is 5.42. The van der Waals surface area contributed by atoms with E-state index in [2.05, 4.69) is 10.2 Å². The van der Waals surface area contributed by atoms with Gasteiger partial charge in [-0.3, -0.25) is 10.1 Å². The Labute approximate surface area is 117 Å². The summed E-state index contributed by atoms with van der Waals surface area (Å²) < 4.78 is 1.59. The Hall–Kier alpha value is -2.44. The number of nitro groups is 1. The number of nitriles is 1. The van der Waals surface area contributed by atoms with Crippen LogP contribution in [0.5, 0.6) is 0 Å². The summed E-state index contributed by atoms with van der Waals surface area (Å²) in [6.07, 6.45) is 0. The molecule has 102 valence electrons. The Morgan fingerprint density at radius 1 is 1.55 bits per heavy atom. The summed E-state index contributed by atoms with van der Waals surface area (Å²) in [4.78, 5) is 10.7. The van der Waals surface area contributed by atoms with Gasteiger partial charge in [-0.1, -0.05) is 0 Å². The molecule has 1 heterocycles. The summed E-state index contributed by atoms with van der Waals surface area (Å²) in [5.41, 5.74) is 0.0534. The van der Waals surface area contributed by atoms with Crippen molar-refractivity contribution >= 4 is 17.4 Å². The van der Waals surface area contributed by atoms with Gasteiger partial charge in [0.25, 0.3) is 5.69 Å². The Morgan fingerprint density at radius 3 is 2.85 bits per heavy atom. The Balaban J connectivity index is 2.36. The van der Waals surface area contributed by atoms with Crippen LogP contribution in [0.2, 0.25) is 0 Å². The topological polar surface area (TPSA) is 118 Å². The van der Waals surface area contributed by atoms with E-state index in [0.717, 1.165) is 11.8 Å². The number of hydrogen-bond donors (Lipinski definition) is 1. The van der Waals surface area contributed by atoms with Gasteiger partial charge < -0.3 is 9.67 Å². The van der Waals surface area contributed by atoms with E-state index in [-0.39, 0.29) is 17.9 Å². The maximum Gasteiger partial charge on any atom is 0.270 e. The van der Waals surface area contributed by atoms with E-state index in [1.165, 1.54) is 18.2 Å². The quantitative estimate of drug-likeness (QED) is 0.665. The van der Waals surface area contributed by atoms with Crippen LogP contribution >= 0.6 is 11.8 Å². The molecule has 0 aliphatic rings. The van der Waals surface area contributed by atoms with Gasteiger partial charge in [-0.05, 0) is 17.8 Å². The molecular weight excluding hydrogens is 282 g/mol. The van der Waals surface area contributed by atoms with Gasteiger partial charge in [0.2, 0.25) is 0 Å². The third-order valence-corrected chi connectivity index (χ3v) is 3.68. The highest BCUT2D eigenvalue weighted by atomic mass is 32.2. The molecule has 0 saturated heterocycles. The lowest BCUT2D eigenvalue weighted by molar-refractivity contribution is -0.384. The molecule has 0 radical (unpaired) electrons. The fourth-order valence-electron chi connectivity index (χ4n) is 1.48. The van der Waals surface area contributed by atoms with Crippen molar-refractivity contribution in [2.45, 2.75) is 16.7 Å². The molecule has 1 N–H and O–H groups in total. The van der Waals surface area contributed by atoms with E-state index < -0.39 is 4.92 Å². The number of rotatable bonds is 4. The molecule has 9 heteroatoms. The predicted molar refractivity (Wildman–Crippen MR) is 68.9 cm³/mol. The van der Waals surface area contributed by atoms with Crippen LogP contribution in [0.15, 0.2) is 28.3 Å². The Bertz CT molecular complexity index is 707. The zero-order valence-corrected chi connectivity index (χ0v) is 11.2. The van der Waals surface area contributed by atoms with Gasteiger partial charge in [-0.25, -0.2) is 0 Å². The van der Waals surface area contributed by atoms with Crippen LogP contribution in [0.3, 0.4) is 0 Å². The van der Waals surface area contributed by atoms with Crippen molar-refractivity contribution in [2.75, 3.05) is 0 Å². The molecule has 0 bridgehead atoms. The molecule has 20 heavy (non-hydrogen) atoms. The Kier molecular flexibility index (Phi) is 3.97. The third kappa shape index (κ3) is 2.61. The summed E-state index contributed by atoms with van der Waals surface area (Å²) in [6, 6.07) is 5.95. The summed E-state index contributed by atoms with van der Waals surface area (Å²) in [7, 11) is 1.69. The number of aliphatic hydroxyl groups excluding tert-OH is 1. The highest BCUT2D eigenvalue weighted by molar-refractivity contribution is 7.99. The molecule has 0 saturated carbocycles. The van der Waals surface area contributed by atoms with Crippen molar-refractivity contribution < 1.29 is 10.0 Å². The van der Waals surface area contributed by atoms with E-state index in [0.29, 0.717) is 15.9 Å². The van der Waals surface area contributed by atoms with Gasteiger partial charge in [0.15, 0.2) is 11.0 Å². The second kappa shape index (κ2) is 5.68. The van der Waals surface area contributed by atoms with Gasteiger partial charge in [0.1, 0.15) is 12.7 Å². The number of nitro benzene ring substituents is 1. The maximum absolute atomic E-state index is 10.7. The van der Waals surface area contributed by atoms with Crippen molar-refractivity contribution in [2.24, 2.45) is 7.05 Å². The highest BCUT2D eigenvalue weighted by Gasteiger charge is 2.15. The van der Waals surface area contributed by atoms with Gasteiger partial charge in [0, 0.05) is 24.1 Å². The summed E-state index contributed by atoms with van der Waals surface area (Å²) in [6.45, 7) is -0.241. The number of hydrogen-bond acceptors (Lipinski definition) is 7. The molecule has 0 unspecified atom stereocenters. The molecule has 1 aromatic carbocycles. The largest absolute Gasteiger partial charge is 0.388 e. The van der Waals surface area contributed by atoms with Crippen molar-refractivity contribution in [3.8, 4) is 6.07 Å². The fraction of sp³-hybridized carbons (Fsp3) is 0.182. The molecule has 0 atom stereocenters. The van der Waals surface area contributed by atoms with Crippen molar-refractivity contribution in [3.05, 3.63) is 39.7 Å². The number of nitrogens with zero attached hydrogens (tertiary/aromatic N) is 5. The van der Waals surface area contributed by atoms with Crippen molar-refractivity contribution in [3.63, 3.8) is 0 Å². The molecule has 8 nitrogen and oxygen atoms in total. The normalized spacial score (nSPS) is 10.2. The highest BCUT2D eigenvalue weighted by Crippen LogP contribution is 2.31. The minimum Gasteiger partial charge on any atom is -0.388 e. The van der Waals surface area contributed by atoms with E-state index in [9.17, 15) is 10.1 Å². The fourth-order valence-corrected chi connectivity index (χ4v) is 2.35. The average Bonchev–Trinajstić information content (AvgIpc) is 2.79. The van der Waals surface area contributed by atoms with Gasteiger partial charge in [-0.15, -0.1) is 10.2 Å². The zero-order valence-electron chi connectivity index (χ0n) is 10.3. The van der Waals surface area contributed by atoms with Crippen LogP contribution < -0.4 is 0 Å². The molecule has 2 aromatic rings. The SMILES string of the molecule is Cn1c(CO)nnc1Sc1ccc([N+](=O)[O-])cc1C#N. The predicted octanol–water partition coefficient (Wildman–Crippen LogP) is 1.24. The molecular formula is C11H9N5O3S. The van der Waals surface area contributed by atoms with E-state index in [1.807, 2.05) is 6.07 Å². The van der Waals surface area contributed by atoms with Crippen LogP contribution in [0.25, 0.3) is 0 Å². The lowest BCUT2D eigenvalue weighted by atomic mass is 10.2. The molecule has 0 fully saturated rings. The van der Waals surface area contributed by atoms with Crippen molar-refractivity contribution in [1.29, 1.82) is 5.26 Å². The first kappa shape index (κ1) is 14.0. The summed E-state index contributed by atoms with van der Waals surface area (Å²) >= 11 is 1.16. The number of aromatic nitrogens is 3. The van der Waals surface area contributed by atoms with E-state index >= 15 is 0 Å². The number of non-ortho nitro benzene ring substituents is 1. The second-order valence-electron chi connectivity index (χ2n) is 3.77. The first-order chi connectivity index (χ1) is 9.56. The molecule has 0 aliphatic carbocycles. The van der Waals surface area contributed by atoms with Gasteiger partial charge in [0.05, 0.1) is 10.5 Å². The molecule has 2 rings (SSSR count). The van der Waals surface area contributed by atoms with E-state index in [4.69, 9.17) is 10.4 Å². The van der Waals surface area contributed by atoms with E-state index in [1.54, 1.807) is 11.6 Å².